The number of carbonyl (C=O) groups excluding carboxylic acids is 1. The molecule has 1 N–H and O–H groups in total. The molecule has 0 saturated heterocycles. The van der Waals surface area contributed by atoms with Crippen molar-refractivity contribution in [2.75, 3.05) is 5.75 Å². The lowest BCUT2D eigenvalue weighted by atomic mass is 10.1. The van der Waals surface area contributed by atoms with E-state index in [1.807, 2.05) is 13.0 Å². The van der Waals surface area contributed by atoms with Crippen molar-refractivity contribution in [1.29, 1.82) is 0 Å². The smallest absolute Gasteiger partial charge is 0.236 e. The minimum Gasteiger partial charge on any atom is -0.349 e. The first-order chi connectivity index (χ1) is 11.2. The Hall–Kier alpha value is -1.85. The van der Waals surface area contributed by atoms with Gasteiger partial charge in [0.05, 0.1) is 10.9 Å². The van der Waals surface area contributed by atoms with E-state index < -0.39 is 21.5 Å². The van der Waals surface area contributed by atoms with E-state index >= 15 is 0 Å². The zero-order valence-electron chi connectivity index (χ0n) is 13.8. The van der Waals surface area contributed by atoms with E-state index in [4.69, 9.17) is 11.6 Å². The Balaban J connectivity index is 2.12. The van der Waals surface area contributed by atoms with E-state index in [0.717, 1.165) is 11.1 Å². The zero-order valence-corrected chi connectivity index (χ0v) is 15.4. The summed E-state index contributed by atoms with van der Waals surface area (Å²) in [6.45, 7) is 5.38. The fourth-order valence-electron chi connectivity index (χ4n) is 2.59. The first-order valence-electron chi connectivity index (χ1n) is 7.54. The molecule has 0 heterocycles. The molecule has 0 saturated carbocycles. The lowest BCUT2D eigenvalue weighted by Gasteiger charge is -2.16. The minimum atomic E-state index is -3.69. The van der Waals surface area contributed by atoms with Crippen LogP contribution in [0.2, 0.25) is 5.02 Å². The summed E-state index contributed by atoms with van der Waals surface area (Å²) in [5.74, 6) is -1.14. The van der Waals surface area contributed by atoms with E-state index in [-0.39, 0.29) is 10.9 Å². The van der Waals surface area contributed by atoms with Crippen LogP contribution in [-0.4, -0.2) is 20.1 Å². The van der Waals surface area contributed by atoms with Crippen molar-refractivity contribution in [3.8, 4) is 0 Å². The quantitative estimate of drug-likeness (QED) is 0.880. The molecule has 0 spiro atoms. The maximum atomic E-state index is 12.5. The molecule has 6 heteroatoms. The van der Waals surface area contributed by atoms with Crippen molar-refractivity contribution in [1.82, 2.24) is 5.32 Å². The number of amides is 1. The summed E-state index contributed by atoms with van der Waals surface area (Å²) >= 11 is 6.10. The van der Waals surface area contributed by atoms with Crippen LogP contribution in [0, 0.1) is 13.8 Å². The molecule has 0 fully saturated rings. The molecule has 2 rings (SSSR count). The summed E-state index contributed by atoms with van der Waals surface area (Å²) in [5, 5.41) is 3.22. The molecule has 2 aromatic rings. The number of nitrogens with one attached hydrogen (secondary N) is 1. The van der Waals surface area contributed by atoms with Crippen molar-refractivity contribution in [3.05, 3.63) is 64.2 Å². The maximum absolute atomic E-state index is 12.5. The van der Waals surface area contributed by atoms with Gasteiger partial charge in [-0.2, -0.15) is 0 Å². The maximum Gasteiger partial charge on any atom is 0.236 e. The number of sulfone groups is 1. The van der Waals surface area contributed by atoms with Crippen LogP contribution in [0.25, 0.3) is 0 Å². The Labute approximate surface area is 147 Å². The SMILES string of the molecule is Cc1ccc(S(=O)(=O)CC(=O)NC(C)c2ccccc2Cl)c(C)c1. The van der Waals surface area contributed by atoms with Crippen LogP contribution in [0.3, 0.4) is 0 Å². The normalized spacial score (nSPS) is 12.7. The lowest BCUT2D eigenvalue weighted by Crippen LogP contribution is -2.32. The topological polar surface area (TPSA) is 63.2 Å². The summed E-state index contributed by atoms with van der Waals surface area (Å²) in [5.41, 5.74) is 2.36. The molecule has 4 nitrogen and oxygen atoms in total. The number of benzene rings is 2. The van der Waals surface area contributed by atoms with Crippen molar-refractivity contribution >= 4 is 27.3 Å². The molecule has 1 unspecified atom stereocenters. The van der Waals surface area contributed by atoms with E-state index in [1.165, 1.54) is 0 Å². The van der Waals surface area contributed by atoms with Gasteiger partial charge in [-0.1, -0.05) is 47.5 Å². The Morgan fingerprint density at radius 3 is 2.46 bits per heavy atom. The molecule has 0 aliphatic heterocycles. The van der Waals surface area contributed by atoms with Crippen LogP contribution in [-0.2, 0) is 14.6 Å². The summed E-state index contributed by atoms with van der Waals surface area (Å²) in [7, 11) is -3.69. The van der Waals surface area contributed by atoms with Gasteiger partial charge in [-0.3, -0.25) is 4.79 Å². The number of hydrogen-bond donors (Lipinski definition) is 1. The fourth-order valence-corrected chi connectivity index (χ4v) is 4.29. The Morgan fingerprint density at radius 2 is 1.83 bits per heavy atom. The van der Waals surface area contributed by atoms with Crippen molar-refractivity contribution in [3.63, 3.8) is 0 Å². The van der Waals surface area contributed by atoms with E-state index in [9.17, 15) is 13.2 Å². The average molecular weight is 366 g/mol. The van der Waals surface area contributed by atoms with Gasteiger partial charge in [0.25, 0.3) is 0 Å². The monoisotopic (exact) mass is 365 g/mol. The van der Waals surface area contributed by atoms with Crippen molar-refractivity contribution in [2.45, 2.75) is 31.7 Å². The van der Waals surface area contributed by atoms with Crippen molar-refractivity contribution < 1.29 is 13.2 Å². The molecule has 0 aliphatic rings. The van der Waals surface area contributed by atoms with Gasteiger partial charge >= 0.3 is 0 Å². The molecule has 128 valence electrons. The zero-order chi connectivity index (χ0) is 17.9. The second-order valence-electron chi connectivity index (χ2n) is 5.84. The van der Waals surface area contributed by atoms with Gasteiger partial charge in [-0.25, -0.2) is 8.42 Å². The average Bonchev–Trinajstić information content (AvgIpc) is 2.46. The predicted octanol–water partition coefficient (Wildman–Crippen LogP) is 3.61. The number of hydrogen-bond acceptors (Lipinski definition) is 3. The molecule has 24 heavy (non-hydrogen) atoms. The largest absolute Gasteiger partial charge is 0.349 e. The van der Waals surface area contributed by atoms with Gasteiger partial charge in [0.1, 0.15) is 5.75 Å². The van der Waals surface area contributed by atoms with E-state index in [1.54, 1.807) is 50.2 Å². The third kappa shape index (κ3) is 4.36. The molecular formula is C18H20ClNO3S. The van der Waals surface area contributed by atoms with Crippen LogP contribution < -0.4 is 5.32 Å². The summed E-state index contributed by atoms with van der Waals surface area (Å²) in [4.78, 5) is 12.4. The summed E-state index contributed by atoms with van der Waals surface area (Å²) in [6, 6.07) is 11.8. The van der Waals surface area contributed by atoms with Gasteiger partial charge in [0.2, 0.25) is 5.91 Å². The highest BCUT2D eigenvalue weighted by Gasteiger charge is 2.22. The first kappa shape index (κ1) is 18.5. The Morgan fingerprint density at radius 1 is 1.17 bits per heavy atom. The summed E-state index contributed by atoms with van der Waals surface area (Å²) in [6.07, 6.45) is 0. The molecule has 2 aromatic carbocycles. The molecule has 1 amide bonds. The number of aryl methyl sites for hydroxylation is 2. The van der Waals surface area contributed by atoms with Gasteiger partial charge in [-0.05, 0) is 44.0 Å². The van der Waals surface area contributed by atoms with Crippen LogP contribution in [0.1, 0.15) is 29.7 Å². The van der Waals surface area contributed by atoms with Crippen LogP contribution >= 0.6 is 11.6 Å². The second kappa shape index (κ2) is 7.36. The number of halogens is 1. The van der Waals surface area contributed by atoms with Crippen LogP contribution in [0.5, 0.6) is 0 Å². The van der Waals surface area contributed by atoms with Gasteiger partial charge in [0, 0.05) is 5.02 Å². The van der Waals surface area contributed by atoms with E-state index in [2.05, 4.69) is 5.32 Å². The molecule has 0 radical (unpaired) electrons. The van der Waals surface area contributed by atoms with E-state index in [0.29, 0.717) is 10.6 Å². The van der Waals surface area contributed by atoms with Crippen molar-refractivity contribution in [2.24, 2.45) is 0 Å². The highest BCUT2D eigenvalue weighted by molar-refractivity contribution is 7.92. The molecule has 0 aliphatic carbocycles. The highest BCUT2D eigenvalue weighted by Crippen LogP contribution is 2.22. The Kier molecular flexibility index (Phi) is 5.67. The lowest BCUT2D eigenvalue weighted by molar-refractivity contribution is -0.119. The summed E-state index contributed by atoms with van der Waals surface area (Å²) < 4.78 is 24.9. The number of carbonyl (C=O) groups is 1. The molecule has 1 atom stereocenters. The predicted molar refractivity (Wildman–Crippen MR) is 96.0 cm³/mol. The first-order valence-corrected chi connectivity index (χ1v) is 9.57. The highest BCUT2D eigenvalue weighted by atomic mass is 35.5. The van der Waals surface area contributed by atoms with Crippen LogP contribution in [0.4, 0.5) is 0 Å². The molecule has 0 bridgehead atoms. The molecular weight excluding hydrogens is 346 g/mol. The standard InChI is InChI=1S/C18H20ClNO3S/c1-12-8-9-17(13(2)10-12)24(22,23)11-18(21)20-14(3)15-6-4-5-7-16(15)19/h4-10,14H,11H2,1-3H3,(H,20,21). The fraction of sp³-hybridized carbons (Fsp3) is 0.278. The van der Waals surface area contributed by atoms with Crippen LogP contribution in [0.15, 0.2) is 47.4 Å². The minimum absolute atomic E-state index is 0.189. The second-order valence-corrected chi connectivity index (χ2v) is 8.20. The van der Waals surface area contributed by atoms with Gasteiger partial charge < -0.3 is 5.32 Å². The Bertz CT molecular complexity index is 862. The number of rotatable bonds is 5. The van der Waals surface area contributed by atoms with Gasteiger partial charge in [-0.15, -0.1) is 0 Å². The third-order valence-corrected chi connectivity index (χ3v) is 5.85. The van der Waals surface area contributed by atoms with Gasteiger partial charge in [0.15, 0.2) is 9.84 Å². The molecule has 0 aromatic heterocycles. The third-order valence-electron chi connectivity index (χ3n) is 3.74.